The molecule has 0 radical (unpaired) electrons. The van der Waals surface area contributed by atoms with E-state index in [1.165, 1.54) is 0 Å². The lowest BCUT2D eigenvalue weighted by atomic mass is 10.1. The van der Waals surface area contributed by atoms with Crippen LogP contribution in [0.15, 0.2) is 51.7 Å². The van der Waals surface area contributed by atoms with Gasteiger partial charge < -0.3 is 13.9 Å². The monoisotopic (exact) mass is 353 g/mol. The fourth-order valence-corrected chi connectivity index (χ4v) is 3.11. The van der Waals surface area contributed by atoms with Crippen molar-refractivity contribution in [3.63, 3.8) is 0 Å². The SMILES string of the molecule is COc1ccc(CN(C)Cc2cc(=O)oc3ccc(C)cc23)cc1OC. The van der Waals surface area contributed by atoms with E-state index in [0.717, 1.165) is 22.1 Å². The second-order valence-electron chi connectivity index (χ2n) is 6.45. The van der Waals surface area contributed by atoms with Gasteiger partial charge in [0.15, 0.2) is 11.5 Å². The largest absolute Gasteiger partial charge is 0.493 e. The zero-order valence-corrected chi connectivity index (χ0v) is 15.5. The van der Waals surface area contributed by atoms with Crippen LogP contribution in [0, 0.1) is 6.92 Å². The van der Waals surface area contributed by atoms with Crippen LogP contribution >= 0.6 is 0 Å². The van der Waals surface area contributed by atoms with Crippen molar-refractivity contribution in [2.75, 3.05) is 21.3 Å². The van der Waals surface area contributed by atoms with Gasteiger partial charge in [0.05, 0.1) is 14.2 Å². The van der Waals surface area contributed by atoms with Gasteiger partial charge in [-0.15, -0.1) is 0 Å². The summed E-state index contributed by atoms with van der Waals surface area (Å²) in [7, 11) is 5.27. The molecule has 5 nitrogen and oxygen atoms in total. The summed E-state index contributed by atoms with van der Waals surface area (Å²) in [6, 6.07) is 13.3. The molecular weight excluding hydrogens is 330 g/mol. The first-order chi connectivity index (χ1) is 12.5. The van der Waals surface area contributed by atoms with Crippen molar-refractivity contribution in [3.8, 4) is 11.5 Å². The molecule has 3 aromatic rings. The van der Waals surface area contributed by atoms with Gasteiger partial charge in [-0.05, 0) is 49.4 Å². The third-order valence-electron chi connectivity index (χ3n) is 4.32. The van der Waals surface area contributed by atoms with Crippen molar-refractivity contribution in [1.29, 1.82) is 0 Å². The highest BCUT2D eigenvalue weighted by atomic mass is 16.5. The number of fused-ring (bicyclic) bond motifs is 1. The van der Waals surface area contributed by atoms with Gasteiger partial charge in [-0.2, -0.15) is 0 Å². The summed E-state index contributed by atoms with van der Waals surface area (Å²) < 4.78 is 16.0. The maximum absolute atomic E-state index is 11.9. The van der Waals surface area contributed by atoms with Crippen molar-refractivity contribution in [2.45, 2.75) is 20.0 Å². The van der Waals surface area contributed by atoms with Gasteiger partial charge in [0.2, 0.25) is 0 Å². The summed E-state index contributed by atoms with van der Waals surface area (Å²) >= 11 is 0. The van der Waals surface area contributed by atoms with E-state index in [0.29, 0.717) is 30.2 Å². The van der Waals surface area contributed by atoms with Gasteiger partial charge in [0.25, 0.3) is 0 Å². The molecule has 0 atom stereocenters. The molecule has 0 aliphatic carbocycles. The number of rotatable bonds is 6. The summed E-state index contributed by atoms with van der Waals surface area (Å²) in [6.07, 6.45) is 0. The Kier molecular flexibility index (Phi) is 5.28. The highest BCUT2D eigenvalue weighted by Gasteiger charge is 2.11. The van der Waals surface area contributed by atoms with Gasteiger partial charge >= 0.3 is 5.63 Å². The summed E-state index contributed by atoms with van der Waals surface area (Å²) in [5.41, 5.74) is 3.50. The number of nitrogens with zero attached hydrogens (tertiary/aromatic N) is 1. The molecule has 0 aliphatic heterocycles. The molecule has 0 bridgehead atoms. The van der Waals surface area contributed by atoms with Gasteiger partial charge in [0.1, 0.15) is 5.58 Å². The van der Waals surface area contributed by atoms with Gasteiger partial charge in [-0.3, -0.25) is 4.90 Å². The second-order valence-corrected chi connectivity index (χ2v) is 6.45. The van der Waals surface area contributed by atoms with Crippen LogP contribution in [0.1, 0.15) is 16.7 Å². The zero-order chi connectivity index (χ0) is 18.7. The fourth-order valence-electron chi connectivity index (χ4n) is 3.11. The summed E-state index contributed by atoms with van der Waals surface area (Å²) in [5, 5.41) is 0.976. The molecule has 2 aromatic carbocycles. The van der Waals surface area contributed by atoms with Crippen molar-refractivity contribution < 1.29 is 13.9 Å². The van der Waals surface area contributed by atoms with Gasteiger partial charge in [0, 0.05) is 24.5 Å². The first-order valence-corrected chi connectivity index (χ1v) is 8.43. The molecule has 0 aliphatic rings. The fraction of sp³-hybridized carbons (Fsp3) is 0.286. The summed E-state index contributed by atoms with van der Waals surface area (Å²) in [4.78, 5) is 14.0. The zero-order valence-electron chi connectivity index (χ0n) is 15.5. The van der Waals surface area contributed by atoms with E-state index < -0.39 is 0 Å². The van der Waals surface area contributed by atoms with E-state index >= 15 is 0 Å². The molecule has 5 heteroatoms. The topological polar surface area (TPSA) is 51.9 Å². The van der Waals surface area contributed by atoms with Crippen LogP contribution in [0.25, 0.3) is 11.0 Å². The number of methoxy groups -OCH3 is 2. The molecule has 0 fully saturated rings. The number of hydrogen-bond acceptors (Lipinski definition) is 5. The van der Waals surface area contributed by atoms with Crippen molar-refractivity contribution in [3.05, 3.63) is 69.6 Å². The average molecular weight is 353 g/mol. The summed E-state index contributed by atoms with van der Waals surface area (Å²) in [5.74, 6) is 1.42. The van der Waals surface area contributed by atoms with Crippen molar-refractivity contribution in [1.82, 2.24) is 4.90 Å². The molecule has 3 rings (SSSR count). The molecule has 0 unspecified atom stereocenters. The Morgan fingerprint density at radius 2 is 1.73 bits per heavy atom. The first kappa shape index (κ1) is 18.0. The van der Waals surface area contributed by atoms with E-state index in [-0.39, 0.29) is 5.63 Å². The minimum absolute atomic E-state index is 0.323. The van der Waals surface area contributed by atoms with Crippen molar-refractivity contribution in [2.24, 2.45) is 0 Å². The van der Waals surface area contributed by atoms with Crippen molar-refractivity contribution >= 4 is 11.0 Å². The van der Waals surface area contributed by atoms with Crippen LogP contribution in [-0.2, 0) is 13.1 Å². The molecule has 1 heterocycles. The van der Waals surface area contributed by atoms with Crippen LogP contribution in [0.2, 0.25) is 0 Å². The quantitative estimate of drug-likeness (QED) is 0.632. The Bertz CT molecular complexity index is 977. The Balaban J connectivity index is 1.84. The Morgan fingerprint density at radius 1 is 0.962 bits per heavy atom. The lowest BCUT2D eigenvalue weighted by Gasteiger charge is -2.18. The highest BCUT2D eigenvalue weighted by molar-refractivity contribution is 5.80. The van der Waals surface area contributed by atoms with E-state index in [2.05, 4.69) is 11.0 Å². The smallest absolute Gasteiger partial charge is 0.336 e. The Morgan fingerprint density at radius 3 is 2.46 bits per heavy atom. The third-order valence-corrected chi connectivity index (χ3v) is 4.32. The van der Waals surface area contributed by atoms with Gasteiger partial charge in [-0.1, -0.05) is 17.7 Å². The van der Waals surface area contributed by atoms with E-state index in [9.17, 15) is 4.79 Å². The highest BCUT2D eigenvalue weighted by Crippen LogP contribution is 2.28. The number of aryl methyl sites for hydroxylation is 1. The van der Waals surface area contributed by atoms with Crippen LogP contribution in [0.3, 0.4) is 0 Å². The molecule has 0 spiro atoms. The molecule has 0 saturated carbocycles. The molecular formula is C21H23NO4. The van der Waals surface area contributed by atoms with E-state index in [1.807, 2.05) is 44.3 Å². The molecule has 0 saturated heterocycles. The number of hydrogen-bond donors (Lipinski definition) is 0. The molecule has 1 aromatic heterocycles. The van der Waals surface area contributed by atoms with Crippen LogP contribution in [0.5, 0.6) is 11.5 Å². The standard InChI is InChI=1S/C21H23NO4/c1-14-5-7-18-17(9-14)16(11-21(23)26-18)13-22(2)12-15-6-8-19(24-3)20(10-15)25-4/h5-11H,12-13H2,1-4H3. The Labute approximate surface area is 152 Å². The average Bonchev–Trinajstić information content (AvgIpc) is 2.62. The second kappa shape index (κ2) is 7.62. The first-order valence-electron chi connectivity index (χ1n) is 8.43. The maximum atomic E-state index is 11.9. The number of benzene rings is 2. The minimum atomic E-state index is -0.323. The lowest BCUT2D eigenvalue weighted by Crippen LogP contribution is -2.18. The Hall–Kier alpha value is -2.79. The normalized spacial score (nSPS) is 11.1. The van der Waals surface area contributed by atoms with Crippen LogP contribution < -0.4 is 15.1 Å². The lowest BCUT2D eigenvalue weighted by molar-refractivity contribution is 0.316. The third kappa shape index (κ3) is 3.89. The van der Waals surface area contributed by atoms with Crippen LogP contribution in [-0.4, -0.2) is 26.2 Å². The van der Waals surface area contributed by atoms with E-state index in [1.54, 1.807) is 20.3 Å². The molecule has 0 N–H and O–H groups in total. The maximum Gasteiger partial charge on any atom is 0.336 e. The molecule has 26 heavy (non-hydrogen) atoms. The number of ether oxygens (including phenoxy) is 2. The molecule has 136 valence electrons. The predicted molar refractivity (Wildman–Crippen MR) is 102 cm³/mol. The predicted octanol–water partition coefficient (Wildman–Crippen LogP) is 3.75. The molecule has 0 amide bonds. The van der Waals surface area contributed by atoms with E-state index in [4.69, 9.17) is 13.9 Å². The van der Waals surface area contributed by atoms with Gasteiger partial charge in [-0.25, -0.2) is 4.79 Å². The minimum Gasteiger partial charge on any atom is -0.493 e. The summed E-state index contributed by atoms with van der Waals surface area (Å²) in [6.45, 7) is 3.38. The van der Waals surface area contributed by atoms with Crippen LogP contribution in [0.4, 0.5) is 0 Å².